The largest absolute Gasteiger partial charge is 0.378 e. The fourth-order valence-electron chi connectivity index (χ4n) is 1.54. The standard InChI is InChI=1S/C12H13FN2O/c1-8-10(9(2)16-15-8)7-14-12-6-4-3-5-11(12)13/h3-6,14H,7H2,1-2H3. The van der Waals surface area contributed by atoms with Crippen molar-refractivity contribution >= 4 is 5.69 Å². The van der Waals surface area contributed by atoms with E-state index in [4.69, 9.17) is 4.52 Å². The molecular weight excluding hydrogens is 207 g/mol. The highest BCUT2D eigenvalue weighted by atomic mass is 19.1. The van der Waals surface area contributed by atoms with E-state index in [2.05, 4.69) is 10.5 Å². The van der Waals surface area contributed by atoms with Crippen molar-refractivity contribution in [3.8, 4) is 0 Å². The maximum atomic E-state index is 13.3. The third-order valence-corrected chi connectivity index (χ3v) is 2.51. The number of hydrogen-bond acceptors (Lipinski definition) is 3. The Hall–Kier alpha value is -1.84. The topological polar surface area (TPSA) is 38.1 Å². The third-order valence-electron chi connectivity index (χ3n) is 2.51. The molecule has 3 nitrogen and oxygen atoms in total. The molecule has 0 atom stereocenters. The van der Waals surface area contributed by atoms with Crippen LogP contribution in [0.2, 0.25) is 0 Å². The Morgan fingerprint density at radius 1 is 1.31 bits per heavy atom. The van der Waals surface area contributed by atoms with Crippen molar-refractivity contribution in [3.05, 3.63) is 47.1 Å². The van der Waals surface area contributed by atoms with Gasteiger partial charge in [-0.05, 0) is 26.0 Å². The Morgan fingerprint density at radius 3 is 2.69 bits per heavy atom. The van der Waals surface area contributed by atoms with Gasteiger partial charge < -0.3 is 9.84 Å². The van der Waals surface area contributed by atoms with Gasteiger partial charge in [-0.15, -0.1) is 0 Å². The van der Waals surface area contributed by atoms with Gasteiger partial charge in [0.2, 0.25) is 0 Å². The number of nitrogens with zero attached hydrogens (tertiary/aromatic N) is 1. The number of nitrogens with one attached hydrogen (secondary N) is 1. The monoisotopic (exact) mass is 220 g/mol. The molecule has 1 N–H and O–H groups in total. The maximum Gasteiger partial charge on any atom is 0.146 e. The van der Waals surface area contributed by atoms with Gasteiger partial charge in [-0.3, -0.25) is 0 Å². The Kier molecular flexibility index (Phi) is 2.90. The van der Waals surface area contributed by atoms with Crippen molar-refractivity contribution in [2.24, 2.45) is 0 Å². The second kappa shape index (κ2) is 4.35. The molecule has 0 aliphatic heterocycles. The van der Waals surface area contributed by atoms with Crippen LogP contribution in [0.25, 0.3) is 0 Å². The summed E-state index contributed by atoms with van der Waals surface area (Å²) in [6.45, 7) is 4.23. The lowest BCUT2D eigenvalue weighted by Crippen LogP contribution is -2.02. The number of rotatable bonds is 3. The lowest BCUT2D eigenvalue weighted by molar-refractivity contribution is 0.392. The van der Waals surface area contributed by atoms with Crippen molar-refractivity contribution in [2.75, 3.05) is 5.32 Å². The molecule has 0 aliphatic carbocycles. The zero-order chi connectivity index (χ0) is 11.5. The summed E-state index contributed by atoms with van der Waals surface area (Å²) in [4.78, 5) is 0. The molecule has 16 heavy (non-hydrogen) atoms. The first-order valence-electron chi connectivity index (χ1n) is 5.08. The van der Waals surface area contributed by atoms with Crippen LogP contribution in [0.15, 0.2) is 28.8 Å². The molecule has 0 saturated heterocycles. The van der Waals surface area contributed by atoms with E-state index in [1.807, 2.05) is 13.8 Å². The van der Waals surface area contributed by atoms with Crippen molar-refractivity contribution in [1.82, 2.24) is 5.16 Å². The lowest BCUT2D eigenvalue weighted by atomic mass is 10.2. The highest BCUT2D eigenvalue weighted by Crippen LogP contribution is 2.17. The molecule has 0 aliphatic rings. The Morgan fingerprint density at radius 2 is 2.06 bits per heavy atom. The van der Waals surface area contributed by atoms with E-state index in [-0.39, 0.29) is 5.82 Å². The fraction of sp³-hybridized carbons (Fsp3) is 0.250. The van der Waals surface area contributed by atoms with Gasteiger partial charge in [0, 0.05) is 12.1 Å². The fourth-order valence-corrected chi connectivity index (χ4v) is 1.54. The van der Waals surface area contributed by atoms with Crippen molar-refractivity contribution < 1.29 is 8.91 Å². The van der Waals surface area contributed by atoms with E-state index in [1.54, 1.807) is 18.2 Å². The summed E-state index contributed by atoms with van der Waals surface area (Å²) in [5, 5.41) is 6.86. The first-order valence-corrected chi connectivity index (χ1v) is 5.08. The molecule has 1 heterocycles. The number of aryl methyl sites for hydroxylation is 2. The quantitative estimate of drug-likeness (QED) is 0.863. The molecule has 4 heteroatoms. The lowest BCUT2D eigenvalue weighted by Gasteiger charge is -2.06. The molecule has 0 spiro atoms. The Balaban J connectivity index is 2.11. The first kappa shape index (κ1) is 10.7. The first-order chi connectivity index (χ1) is 7.68. The molecule has 84 valence electrons. The Labute approximate surface area is 93.3 Å². The van der Waals surface area contributed by atoms with E-state index in [1.165, 1.54) is 6.07 Å². The van der Waals surface area contributed by atoms with Gasteiger partial charge in [0.1, 0.15) is 11.6 Å². The van der Waals surface area contributed by atoms with Crippen LogP contribution in [0.3, 0.4) is 0 Å². The van der Waals surface area contributed by atoms with Crippen molar-refractivity contribution in [1.29, 1.82) is 0 Å². The summed E-state index contributed by atoms with van der Waals surface area (Å²) >= 11 is 0. The average Bonchev–Trinajstić information content (AvgIpc) is 2.58. The van der Waals surface area contributed by atoms with Crippen molar-refractivity contribution in [3.63, 3.8) is 0 Å². The van der Waals surface area contributed by atoms with Gasteiger partial charge in [-0.25, -0.2) is 4.39 Å². The van der Waals surface area contributed by atoms with Crippen LogP contribution in [-0.2, 0) is 6.54 Å². The molecule has 1 aromatic carbocycles. The van der Waals surface area contributed by atoms with Gasteiger partial charge in [-0.2, -0.15) is 0 Å². The van der Waals surface area contributed by atoms with Crippen LogP contribution in [0.5, 0.6) is 0 Å². The van der Waals surface area contributed by atoms with Crippen LogP contribution in [0, 0.1) is 19.7 Å². The second-order valence-corrected chi connectivity index (χ2v) is 3.64. The van der Waals surface area contributed by atoms with Crippen LogP contribution in [-0.4, -0.2) is 5.16 Å². The molecule has 2 rings (SSSR count). The number of hydrogen-bond donors (Lipinski definition) is 1. The van der Waals surface area contributed by atoms with Crippen LogP contribution < -0.4 is 5.32 Å². The number of halogens is 1. The van der Waals surface area contributed by atoms with E-state index >= 15 is 0 Å². The number of aromatic nitrogens is 1. The molecule has 0 saturated carbocycles. The van der Waals surface area contributed by atoms with Gasteiger partial charge in [0.15, 0.2) is 0 Å². The smallest absolute Gasteiger partial charge is 0.146 e. The van der Waals surface area contributed by atoms with Gasteiger partial charge >= 0.3 is 0 Å². The van der Waals surface area contributed by atoms with Gasteiger partial charge in [0.25, 0.3) is 0 Å². The van der Waals surface area contributed by atoms with Crippen molar-refractivity contribution in [2.45, 2.75) is 20.4 Å². The molecule has 0 amide bonds. The van der Waals surface area contributed by atoms with Gasteiger partial charge in [0.05, 0.1) is 11.4 Å². The number of benzene rings is 1. The van der Waals surface area contributed by atoms with Crippen LogP contribution in [0.1, 0.15) is 17.0 Å². The zero-order valence-electron chi connectivity index (χ0n) is 9.25. The molecule has 2 aromatic rings. The third kappa shape index (κ3) is 2.05. The summed E-state index contributed by atoms with van der Waals surface area (Å²) in [5.41, 5.74) is 2.30. The normalized spacial score (nSPS) is 10.4. The number of para-hydroxylation sites is 1. The zero-order valence-corrected chi connectivity index (χ0v) is 9.25. The van der Waals surface area contributed by atoms with E-state index < -0.39 is 0 Å². The molecule has 1 aromatic heterocycles. The van der Waals surface area contributed by atoms with E-state index in [0.717, 1.165) is 17.0 Å². The van der Waals surface area contributed by atoms with Gasteiger partial charge in [-0.1, -0.05) is 17.3 Å². The minimum Gasteiger partial charge on any atom is -0.378 e. The average molecular weight is 220 g/mol. The maximum absolute atomic E-state index is 13.3. The molecule has 0 bridgehead atoms. The molecule has 0 radical (unpaired) electrons. The predicted molar refractivity (Wildman–Crippen MR) is 59.7 cm³/mol. The Bertz CT molecular complexity index is 474. The highest BCUT2D eigenvalue weighted by Gasteiger charge is 2.09. The predicted octanol–water partition coefficient (Wildman–Crippen LogP) is 3.04. The van der Waals surface area contributed by atoms with E-state index in [9.17, 15) is 4.39 Å². The molecule has 0 fully saturated rings. The minimum absolute atomic E-state index is 0.255. The highest BCUT2D eigenvalue weighted by molar-refractivity contribution is 5.45. The second-order valence-electron chi connectivity index (χ2n) is 3.64. The summed E-state index contributed by atoms with van der Waals surface area (Å²) < 4.78 is 18.3. The molecular formula is C12H13FN2O. The number of anilines is 1. The van der Waals surface area contributed by atoms with E-state index in [0.29, 0.717) is 12.2 Å². The summed E-state index contributed by atoms with van der Waals surface area (Å²) in [6, 6.07) is 6.58. The van der Waals surface area contributed by atoms with Crippen LogP contribution in [0.4, 0.5) is 10.1 Å². The SMILES string of the molecule is Cc1noc(C)c1CNc1ccccc1F. The summed E-state index contributed by atoms with van der Waals surface area (Å²) in [5.74, 6) is 0.510. The summed E-state index contributed by atoms with van der Waals surface area (Å²) in [6.07, 6.45) is 0. The summed E-state index contributed by atoms with van der Waals surface area (Å²) in [7, 11) is 0. The minimum atomic E-state index is -0.255. The molecule has 0 unspecified atom stereocenters. The van der Waals surface area contributed by atoms with Crippen LogP contribution >= 0.6 is 0 Å².